The van der Waals surface area contributed by atoms with Crippen molar-refractivity contribution >= 4 is 23.2 Å². The molecule has 0 radical (unpaired) electrons. The number of amides is 1. The summed E-state index contributed by atoms with van der Waals surface area (Å²) in [6.45, 7) is 7.46. The molecule has 6 heteroatoms. The Morgan fingerprint density at radius 3 is 2.61 bits per heavy atom. The van der Waals surface area contributed by atoms with E-state index in [-0.39, 0.29) is 18.7 Å². The first-order valence-electron chi connectivity index (χ1n) is 5.70. The molecule has 0 saturated carbocycles. The summed E-state index contributed by atoms with van der Waals surface area (Å²) in [5, 5.41) is 4.85. The highest BCUT2D eigenvalue weighted by molar-refractivity contribution is 7.11. The standard InChI is InChI=1S/C12H18N2O3S/c1-8-7-18-10(14-8)9(15)5-6-13-11(16)17-12(2,3)4/h7H,5-6H2,1-4H3,(H,13,16). The van der Waals surface area contributed by atoms with Crippen molar-refractivity contribution in [3.63, 3.8) is 0 Å². The molecule has 0 unspecified atom stereocenters. The maximum absolute atomic E-state index is 11.7. The molecule has 0 bridgehead atoms. The summed E-state index contributed by atoms with van der Waals surface area (Å²) in [6.07, 6.45) is -0.280. The van der Waals surface area contributed by atoms with Gasteiger partial charge in [-0.05, 0) is 27.7 Å². The van der Waals surface area contributed by atoms with Crippen LogP contribution in [-0.4, -0.2) is 29.0 Å². The van der Waals surface area contributed by atoms with Gasteiger partial charge in [-0.1, -0.05) is 0 Å². The van der Waals surface area contributed by atoms with Crippen molar-refractivity contribution < 1.29 is 14.3 Å². The second-order valence-corrected chi connectivity index (χ2v) is 5.75. The molecule has 0 saturated heterocycles. The van der Waals surface area contributed by atoms with E-state index >= 15 is 0 Å². The zero-order valence-corrected chi connectivity index (χ0v) is 11.9. The van der Waals surface area contributed by atoms with Crippen molar-refractivity contribution in [1.82, 2.24) is 10.3 Å². The number of ketones is 1. The van der Waals surface area contributed by atoms with Gasteiger partial charge in [0.25, 0.3) is 0 Å². The van der Waals surface area contributed by atoms with Crippen LogP contribution in [0.15, 0.2) is 5.38 Å². The minimum Gasteiger partial charge on any atom is -0.444 e. The van der Waals surface area contributed by atoms with E-state index in [2.05, 4.69) is 10.3 Å². The average molecular weight is 270 g/mol. The molecule has 1 rings (SSSR count). The number of aromatic nitrogens is 1. The van der Waals surface area contributed by atoms with Crippen LogP contribution in [0.5, 0.6) is 0 Å². The van der Waals surface area contributed by atoms with Crippen LogP contribution in [0.1, 0.15) is 42.7 Å². The summed E-state index contributed by atoms with van der Waals surface area (Å²) < 4.78 is 5.05. The molecule has 0 aliphatic heterocycles. The van der Waals surface area contributed by atoms with Gasteiger partial charge in [-0.2, -0.15) is 0 Å². The Labute approximate surface area is 111 Å². The maximum Gasteiger partial charge on any atom is 0.407 e. The first-order valence-corrected chi connectivity index (χ1v) is 6.58. The van der Waals surface area contributed by atoms with E-state index in [9.17, 15) is 9.59 Å². The first-order chi connectivity index (χ1) is 8.28. The van der Waals surface area contributed by atoms with Gasteiger partial charge in [-0.3, -0.25) is 4.79 Å². The molecule has 1 aromatic rings. The van der Waals surface area contributed by atoms with Crippen LogP contribution in [-0.2, 0) is 4.74 Å². The topological polar surface area (TPSA) is 68.3 Å². The molecule has 5 nitrogen and oxygen atoms in total. The number of hydrogen-bond acceptors (Lipinski definition) is 5. The summed E-state index contributed by atoms with van der Waals surface area (Å²) in [4.78, 5) is 27.1. The van der Waals surface area contributed by atoms with Crippen LogP contribution in [0.3, 0.4) is 0 Å². The quantitative estimate of drug-likeness (QED) is 0.854. The molecular weight excluding hydrogens is 252 g/mol. The predicted molar refractivity (Wildman–Crippen MR) is 70.0 cm³/mol. The Morgan fingerprint density at radius 1 is 1.44 bits per heavy atom. The lowest BCUT2D eigenvalue weighted by atomic mass is 10.2. The summed E-state index contributed by atoms with van der Waals surface area (Å²) >= 11 is 1.32. The number of Topliss-reactive ketones (excluding diaryl/α,β-unsaturated/α-hetero) is 1. The van der Waals surface area contributed by atoms with Crippen LogP contribution in [0.25, 0.3) is 0 Å². The smallest absolute Gasteiger partial charge is 0.407 e. The lowest BCUT2D eigenvalue weighted by Crippen LogP contribution is -2.33. The Morgan fingerprint density at radius 2 is 2.11 bits per heavy atom. The highest BCUT2D eigenvalue weighted by atomic mass is 32.1. The van der Waals surface area contributed by atoms with Crippen molar-refractivity contribution in [1.29, 1.82) is 0 Å². The van der Waals surface area contributed by atoms with Crippen LogP contribution >= 0.6 is 11.3 Å². The van der Waals surface area contributed by atoms with Crippen molar-refractivity contribution in [3.8, 4) is 0 Å². The molecule has 18 heavy (non-hydrogen) atoms. The van der Waals surface area contributed by atoms with Crippen LogP contribution < -0.4 is 5.32 Å². The Kier molecular flexibility index (Phi) is 4.84. The molecule has 1 heterocycles. The van der Waals surface area contributed by atoms with Crippen LogP contribution in [0.4, 0.5) is 4.79 Å². The van der Waals surface area contributed by atoms with Gasteiger partial charge >= 0.3 is 6.09 Å². The summed E-state index contributed by atoms with van der Waals surface area (Å²) in [7, 11) is 0. The van der Waals surface area contributed by atoms with Crippen molar-refractivity contribution in [2.45, 2.75) is 39.7 Å². The second-order valence-electron chi connectivity index (χ2n) is 4.90. The fraction of sp³-hybridized carbons (Fsp3) is 0.583. The van der Waals surface area contributed by atoms with Crippen molar-refractivity contribution in [3.05, 3.63) is 16.1 Å². The number of carbonyl (C=O) groups is 2. The number of thiazole rings is 1. The van der Waals surface area contributed by atoms with E-state index in [1.165, 1.54) is 11.3 Å². The summed E-state index contributed by atoms with van der Waals surface area (Å²) in [6, 6.07) is 0. The van der Waals surface area contributed by atoms with Gasteiger partial charge < -0.3 is 10.1 Å². The first kappa shape index (κ1) is 14.6. The van der Waals surface area contributed by atoms with Gasteiger partial charge in [0.1, 0.15) is 5.60 Å². The van der Waals surface area contributed by atoms with Gasteiger partial charge in [0, 0.05) is 24.0 Å². The van der Waals surface area contributed by atoms with E-state index < -0.39 is 11.7 Å². The number of carbonyl (C=O) groups excluding carboxylic acids is 2. The number of aryl methyl sites for hydroxylation is 1. The molecule has 1 N–H and O–H groups in total. The summed E-state index contributed by atoms with van der Waals surface area (Å²) in [5.74, 6) is -0.0656. The van der Waals surface area contributed by atoms with Gasteiger partial charge in [-0.25, -0.2) is 9.78 Å². The highest BCUT2D eigenvalue weighted by Gasteiger charge is 2.16. The van der Waals surface area contributed by atoms with Crippen LogP contribution in [0, 0.1) is 6.92 Å². The second kappa shape index (κ2) is 5.95. The Bertz CT molecular complexity index is 435. The molecule has 0 aliphatic rings. The van der Waals surface area contributed by atoms with Crippen molar-refractivity contribution in [2.24, 2.45) is 0 Å². The zero-order valence-electron chi connectivity index (χ0n) is 11.1. The fourth-order valence-electron chi connectivity index (χ4n) is 1.18. The lowest BCUT2D eigenvalue weighted by molar-refractivity contribution is 0.0527. The lowest BCUT2D eigenvalue weighted by Gasteiger charge is -2.19. The normalized spacial score (nSPS) is 11.1. The molecule has 100 valence electrons. The van der Waals surface area contributed by atoms with E-state index in [0.29, 0.717) is 5.01 Å². The SMILES string of the molecule is Cc1csc(C(=O)CCNC(=O)OC(C)(C)C)n1. The van der Waals surface area contributed by atoms with E-state index in [1.807, 2.05) is 12.3 Å². The largest absolute Gasteiger partial charge is 0.444 e. The van der Waals surface area contributed by atoms with Crippen molar-refractivity contribution in [2.75, 3.05) is 6.54 Å². The number of alkyl carbamates (subject to hydrolysis) is 1. The number of hydrogen-bond donors (Lipinski definition) is 1. The number of nitrogens with zero attached hydrogens (tertiary/aromatic N) is 1. The molecule has 1 aromatic heterocycles. The monoisotopic (exact) mass is 270 g/mol. The Hall–Kier alpha value is -1.43. The van der Waals surface area contributed by atoms with Gasteiger partial charge in [-0.15, -0.1) is 11.3 Å². The average Bonchev–Trinajstić information content (AvgIpc) is 2.62. The fourth-order valence-corrected chi connectivity index (χ4v) is 1.95. The van der Waals surface area contributed by atoms with Gasteiger partial charge in [0.05, 0.1) is 0 Å². The molecule has 0 fully saturated rings. The third kappa shape index (κ3) is 5.27. The number of rotatable bonds is 4. The Balaban J connectivity index is 2.30. The van der Waals surface area contributed by atoms with E-state index in [4.69, 9.17) is 4.74 Å². The molecular formula is C12H18N2O3S. The van der Waals surface area contributed by atoms with E-state index in [0.717, 1.165) is 5.69 Å². The third-order valence-corrected chi connectivity index (χ3v) is 2.88. The number of ether oxygens (including phenoxy) is 1. The molecule has 1 amide bonds. The third-order valence-electron chi connectivity index (χ3n) is 1.88. The number of nitrogens with one attached hydrogen (secondary N) is 1. The summed E-state index contributed by atoms with van der Waals surface area (Å²) in [5.41, 5.74) is 0.309. The molecule has 0 aliphatic carbocycles. The van der Waals surface area contributed by atoms with Gasteiger partial charge in [0.2, 0.25) is 0 Å². The predicted octanol–water partition coefficient (Wildman–Crippen LogP) is 2.55. The highest BCUT2D eigenvalue weighted by Crippen LogP contribution is 2.11. The van der Waals surface area contributed by atoms with Crippen LogP contribution in [0.2, 0.25) is 0 Å². The maximum atomic E-state index is 11.7. The van der Waals surface area contributed by atoms with E-state index in [1.54, 1.807) is 20.8 Å². The zero-order chi connectivity index (χ0) is 13.8. The minimum atomic E-state index is -0.527. The minimum absolute atomic E-state index is 0.0656. The molecule has 0 aromatic carbocycles. The molecule has 0 atom stereocenters. The van der Waals surface area contributed by atoms with Gasteiger partial charge in [0.15, 0.2) is 10.8 Å². The molecule has 0 spiro atoms.